The van der Waals surface area contributed by atoms with Gasteiger partial charge < -0.3 is 10.1 Å². The minimum atomic E-state index is -0.447. The first-order chi connectivity index (χ1) is 14.5. The molecule has 3 rings (SSSR count). The number of halogens is 1. The van der Waals surface area contributed by atoms with Gasteiger partial charge >= 0.3 is 5.97 Å². The Morgan fingerprint density at radius 1 is 1.00 bits per heavy atom. The van der Waals surface area contributed by atoms with Crippen molar-refractivity contribution >= 4 is 39.7 Å². The van der Waals surface area contributed by atoms with Crippen LogP contribution >= 0.6 is 15.9 Å². The van der Waals surface area contributed by atoms with Gasteiger partial charge in [-0.2, -0.15) is 5.10 Å². The highest BCUT2D eigenvalue weighted by molar-refractivity contribution is 9.10. The summed E-state index contributed by atoms with van der Waals surface area (Å²) in [6, 6.07) is 21.6. The Labute approximate surface area is 183 Å². The van der Waals surface area contributed by atoms with E-state index in [4.69, 9.17) is 4.74 Å². The van der Waals surface area contributed by atoms with Gasteiger partial charge in [-0.15, -0.1) is 0 Å². The van der Waals surface area contributed by atoms with Crippen LogP contribution < -0.4 is 15.5 Å². The van der Waals surface area contributed by atoms with Crippen molar-refractivity contribution in [3.63, 3.8) is 0 Å². The second-order valence-electron chi connectivity index (χ2n) is 6.45. The Kier molecular flexibility index (Phi) is 7.34. The summed E-state index contributed by atoms with van der Waals surface area (Å²) in [6.45, 7) is 2.12. The summed E-state index contributed by atoms with van der Waals surface area (Å²) in [5, 5.41) is 6.96. The Morgan fingerprint density at radius 2 is 1.70 bits per heavy atom. The summed E-state index contributed by atoms with van der Waals surface area (Å²) in [4.78, 5) is 24.1. The van der Waals surface area contributed by atoms with E-state index in [2.05, 4.69) is 31.8 Å². The molecule has 2 N–H and O–H groups in total. The van der Waals surface area contributed by atoms with Gasteiger partial charge in [0.15, 0.2) is 0 Å². The topological polar surface area (TPSA) is 79.8 Å². The minimum absolute atomic E-state index is 0.115. The molecule has 0 radical (unpaired) electrons. The van der Waals surface area contributed by atoms with Gasteiger partial charge in [0.25, 0.3) is 5.91 Å². The van der Waals surface area contributed by atoms with Gasteiger partial charge in [-0.1, -0.05) is 29.8 Å². The second kappa shape index (κ2) is 10.4. The Morgan fingerprint density at radius 3 is 2.40 bits per heavy atom. The van der Waals surface area contributed by atoms with Gasteiger partial charge in [0.2, 0.25) is 0 Å². The SMILES string of the molecule is Cc1ccc(NCC(=O)N/N=C/c2ccc(OC(=O)c3ccccc3Br)cc2)cc1. The smallest absolute Gasteiger partial charge is 0.344 e. The van der Waals surface area contributed by atoms with E-state index in [1.54, 1.807) is 42.5 Å². The zero-order valence-electron chi connectivity index (χ0n) is 16.3. The number of hydrazone groups is 1. The molecule has 3 aromatic rings. The summed E-state index contributed by atoms with van der Waals surface area (Å²) in [5.74, 6) is -0.290. The van der Waals surface area contributed by atoms with Crippen molar-refractivity contribution in [3.05, 3.63) is 94.0 Å². The van der Waals surface area contributed by atoms with E-state index in [9.17, 15) is 9.59 Å². The molecule has 0 aliphatic rings. The number of anilines is 1. The van der Waals surface area contributed by atoms with Gasteiger partial charge in [0.05, 0.1) is 18.3 Å². The number of nitrogens with one attached hydrogen (secondary N) is 2. The average molecular weight is 466 g/mol. The molecular formula is C23H20BrN3O3. The fraction of sp³-hybridized carbons (Fsp3) is 0.0870. The number of hydrogen-bond donors (Lipinski definition) is 2. The van der Waals surface area contributed by atoms with Crippen LogP contribution in [-0.2, 0) is 4.79 Å². The van der Waals surface area contributed by atoms with Gasteiger partial charge in [-0.25, -0.2) is 10.2 Å². The van der Waals surface area contributed by atoms with E-state index in [0.717, 1.165) is 16.8 Å². The highest BCUT2D eigenvalue weighted by atomic mass is 79.9. The van der Waals surface area contributed by atoms with Crippen LogP contribution in [-0.4, -0.2) is 24.6 Å². The first kappa shape index (κ1) is 21.3. The highest BCUT2D eigenvalue weighted by Crippen LogP contribution is 2.19. The van der Waals surface area contributed by atoms with Gasteiger partial charge in [0.1, 0.15) is 5.75 Å². The lowest BCUT2D eigenvalue weighted by molar-refractivity contribution is -0.119. The number of amides is 1. The fourth-order valence-electron chi connectivity index (χ4n) is 2.48. The number of hydrogen-bond acceptors (Lipinski definition) is 5. The first-order valence-corrected chi connectivity index (χ1v) is 10.00. The second-order valence-corrected chi connectivity index (χ2v) is 7.31. The number of benzene rings is 3. The molecule has 3 aromatic carbocycles. The molecule has 0 fully saturated rings. The third-order valence-electron chi connectivity index (χ3n) is 4.09. The summed E-state index contributed by atoms with van der Waals surface area (Å²) < 4.78 is 6.04. The highest BCUT2D eigenvalue weighted by Gasteiger charge is 2.11. The molecule has 0 atom stereocenters. The molecule has 0 unspecified atom stereocenters. The predicted molar refractivity (Wildman–Crippen MR) is 121 cm³/mol. The normalized spacial score (nSPS) is 10.6. The quantitative estimate of drug-likeness (QED) is 0.232. The maximum Gasteiger partial charge on any atom is 0.344 e. The number of carbonyl (C=O) groups is 2. The third kappa shape index (κ3) is 6.28. The zero-order valence-corrected chi connectivity index (χ0v) is 17.8. The Bertz CT molecular complexity index is 1050. The summed E-state index contributed by atoms with van der Waals surface area (Å²) in [5.41, 5.74) is 5.69. The van der Waals surface area contributed by atoms with Crippen molar-refractivity contribution in [2.75, 3.05) is 11.9 Å². The molecule has 0 spiro atoms. The van der Waals surface area contributed by atoms with Crippen molar-refractivity contribution in [1.29, 1.82) is 0 Å². The van der Waals surface area contributed by atoms with E-state index >= 15 is 0 Å². The standard InChI is InChI=1S/C23H20BrN3O3/c1-16-6-10-18(11-7-16)25-15-22(28)27-26-14-17-8-12-19(13-9-17)30-23(29)20-4-2-3-5-21(20)24/h2-14,25H,15H2,1H3,(H,27,28)/b26-14+. The Balaban J connectivity index is 1.47. The number of rotatable bonds is 7. The largest absolute Gasteiger partial charge is 0.423 e. The zero-order chi connectivity index (χ0) is 21.3. The van der Waals surface area contributed by atoms with Crippen molar-refractivity contribution in [2.45, 2.75) is 6.92 Å². The average Bonchev–Trinajstić information content (AvgIpc) is 2.75. The first-order valence-electron chi connectivity index (χ1n) is 9.20. The maximum atomic E-state index is 12.2. The van der Waals surface area contributed by atoms with Crippen molar-refractivity contribution in [2.24, 2.45) is 5.10 Å². The molecule has 0 saturated carbocycles. The molecule has 0 aromatic heterocycles. The van der Waals surface area contributed by atoms with Crippen LogP contribution in [0.2, 0.25) is 0 Å². The van der Waals surface area contributed by atoms with Crippen LogP contribution in [0, 0.1) is 6.92 Å². The van der Waals surface area contributed by atoms with Crippen molar-refractivity contribution < 1.29 is 14.3 Å². The maximum absolute atomic E-state index is 12.2. The summed E-state index contributed by atoms with van der Waals surface area (Å²) >= 11 is 3.33. The molecule has 1 amide bonds. The van der Waals surface area contributed by atoms with E-state index in [-0.39, 0.29) is 12.5 Å². The number of nitrogens with zero attached hydrogens (tertiary/aromatic N) is 1. The van der Waals surface area contributed by atoms with E-state index in [1.165, 1.54) is 6.21 Å². The molecule has 152 valence electrons. The monoisotopic (exact) mass is 465 g/mol. The molecule has 0 bridgehead atoms. The number of aryl methyl sites for hydroxylation is 1. The Hall–Kier alpha value is -3.45. The molecular weight excluding hydrogens is 446 g/mol. The van der Waals surface area contributed by atoms with Crippen LogP contribution in [0.25, 0.3) is 0 Å². The summed E-state index contributed by atoms with van der Waals surface area (Å²) in [6.07, 6.45) is 1.52. The number of carbonyl (C=O) groups excluding carboxylic acids is 2. The van der Waals surface area contributed by atoms with E-state index < -0.39 is 5.97 Å². The van der Waals surface area contributed by atoms with Crippen LogP contribution in [0.3, 0.4) is 0 Å². The van der Waals surface area contributed by atoms with Crippen LogP contribution in [0.15, 0.2) is 82.4 Å². The van der Waals surface area contributed by atoms with Crippen molar-refractivity contribution in [1.82, 2.24) is 5.43 Å². The lowest BCUT2D eigenvalue weighted by atomic mass is 10.2. The lowest BCUT2D eigenvalue weighted by Gasteiger charge is -2.06. The lowest BCUT2D eigenvalue weighted by Crippen LogP contribution is -2.25. The van der Waals surface area contributed by atoms with Crippen LogP contribution in [0.4, 0.5) is 5.69 Å². The van der Waals surface area contributed by atoms with Crippen LogP contribution in [0.5, 0.6) is 5.75 Å². The van der Waals surface area contributed by atoms with E-state index in [1.807, 2.05) is 37.3 Å². The van der Waals surface area contributed by atoms with Gasteiger partial charge in [-0.3, -0.25) is 4.79 Å². The minimum Gasteiger partial charge on any atom is -0.423 e. The number of esters is 1. The predicted octanol–water partition coefficient (Wildman–Crippen LogP) is 4.54. The summed E-state index contributed by atoms with van der Waals surface area (Å²) in [7, 11) is 0. The van der Waals surface area contributed by atoms with E-state index in [0.29, 0.717) is 15.8 Å². The fourth-order valence-corrected chi connectivity index (χ4v) is 2.93. The molecule has 6 nitrogen and oxygen atoms in total. The molecule has 0 saturated heterocycles. The molecule has 0 heterocycles. The molecule has 0 aliphatic carbocycles. The third-order valence-corrected chi connectivity index (χ3v) is 4.78. The molecule has 7 heteroatoms. The van der Waals surface area contributed by atoms with Crippen molar-refractivity contribution in [3.8, 4) is 5.75 Å². The number of ether oxygens (including phenoxy) is 1. The van der Waals surface area contributed by atoms with Gasteiger partial charge in [-0.05, 0) is 76.9 Å². The molecule has 30 heavy (non-hydrogen) atoms. The van der Waals surface area contributed by atoms with Crippen LogP contribution in [0.1, 0.15) is 21.5 Å². The van der Waals surface area contributed by atoms with Gasteiger partial charge in [0, 0.05) is 10.2 Å². The molecule has 0 aliphatic heterocycles.